The maximum Gasteiger partial charge on any atom is 0.228 e. The molecular weight excluding hydrogens is 288 g/mol. The Hall–Kier alpha value is -1.88. The van der Waals surface area contributed by atoms with E-state index in [9.17, 15) is 4.79 Å². The second-order valence-electron chi connectivity index (χ2n) is 7.31. The van der Waals surface area contributed by atoms with Gasteiger partial charge in [0.05, 0.1) is 11.7 Å². The lowest BCUT2D eigenvalue weighted by molar-refractivity contribution is -0.118. The van der Waals surface area contributed by atoms with Crippen LogP contribution in [0.2, 0.25) is 0 Å². The molecule has 1 aliphatic heterocycles. The first-order valence-electron chi connectivity index (χ1n) is 8.58. The predicted molar refractivity (Wildman–Crippen MR) is 91.4 cm³/mol. The van der Waals surface area contributed by atoms with Crippen molar-refractivity contribution < 1.29 is 4.79 Å². The van der Waals surface area contributed by atoms with Crippen molar-refractivity contribution >= 4 is 22.5 Å². The first-order valence-corrected chi connectivity index (χ1v) is 8.58. The van der Waals surface area contributed by atoms with Crippen LogP contribution in [0.3, 0.4) is 0 Å². The number of anilines is 1. The lowest BCUT2D eigenvalue weighted by Gasteiger charge is -2.23. The van der Waals surface area contributed by atoms with E-state index in [2.05, 4.69) is 29.6 Å². The molecule has 0 radical (unpaired) electrons. The maximum atomic E-state index is 12.6. The van der Waals surface area contributed by atoms with Gasteiger partial charge in [-0.25, -0.2) is 0 Å². The number of hydrogen-bond acceptors (Lipinski definition) is 3. The van der Waals surface area contributed by atoms with Crippen LogP contribution in [0.25, 0.3) is 10.9 Å². The fourth-order valence-corrected chi connectivity index (χ4v) is 3.95. The molecule has 2 aliphatic rings. The van der Waals surface area contributed by atoms with Crippen molar-refractivity contribution in [1.29, 1.82) is 0 Å². The van der Waals surface area contributed by atoms with Gasteiger partial charge in [0.2, 0.25) is 5.91 Å². The molecule has 2 N–H and O–H groups in total. The van der Waals surface area contributed by atoms with E-state index in [-0.39, 0.29) is 17.2 Å². The number of amides is 1. The summed E-state index contributed by atoms with van der Waals surface area (Å²) in [5.41, 5.74) is 2.23. The number of benzene rings is 1. The Bertz CT molecular complexity index is 743. The van der Waals surface area contributed by atoms with Crippen molar-refractivity contribution in [2.24, 2.45) is 11.3 Å². The largest absolute Gasteiger partial charge is 0.326 e. The van der Waals surface area contributed by atoms with Crippen LogP contribution in [0, 0.1) is 11.3 Å². The average molecular weight is 312 g/mol. The van der Waals surface area contributed by atoms with E-state index in [1.54, 1.807) is 0 Å². The third-order valence-corrected chi connectivity index (χ3v) is 5.46. The molecule has 2 aromatic rings. The second kappa shape index (κ2) is 5.34. The molecule has 0 bridgehead atoms. The van der Waals surface area contributed by atoms with Crippen molar-refractivity contribution in [3.05, 3.63) is 24.4 Å². The summed E-state index contributed by atoms with van der Waals surface area (Å²) >= 11 is 0. The van der Waals surface area contributed by atoms with Gasteiger partial charge in [-0.15, -0.1) is 0 Å². The maximum absolute atomic E-state index is 12.6. The lowest BCUT2D eigenvalue weighted by Crippen LogP contribution is -2.31. The summed E-state index contributed by atoms with van der Waals surface area (Å²) in [5.74, 6) is 0.372. The molecule has 4 rings (SSSR count). The monoisotopic (exact) mass is 312 g/mol. The molecule has 122 valence electrons. The number of fused-ring (bicyclic) bond motifs is 1. The van der Waals surface area contributed by atoms with Crippen LogP contribution in [0.4, 0.5) is 5.69 Å². The van der Waals surface area contributed by atoms with E-state index < -0.39 is 0 Å². The Labute approximate surface area is 136 Å². The van der Waals surface area contributed by atoms with Crippen LogP contribution in [0.5, 0.6) is 0 Å². The highest BCUT2D eigenvalue weighted by Gasteiger charge is 2.57. The highest BCUT2D eigenvalue weighted by atomic mass is 16.2. The van der Waals surface area contributed by atoms with Gasteiger partial charge in [-0.1, -0.05) is 0 Å². The van der Waals surface area contributed by atoms with Gasteiger partial charge in [-0.3, -0.25) is 9.48 Å². The van der Waals surface area contributed by atoms with Crippen LogP contribution >= 0.6 is 0 Å². The van der Waals surface area contributed by atoms with E-state index in [1.165, 1.54) is 0 Å². The van der Waals surface area contributed by atoms with Crippen LogP contribution in [-0.2, 0) is 4.79 Å². The van der Waals surface area contributed by atoms with Crippen LogP contribution in [0.1, 0.15) is 39.2 Å². The molecule has 1 saturated heterocycles. The Morgan fingerprint density at radius 1 is 1.39 bits per heavy atom. The highest BCUT2D eigenvalue weighted by molar-refractivity contribution is 5.97. The predicted octanol–water partition coefficient (Wildman–Crippen LogP) is 2.95. The van der Waals surface area contributed by atoms with E-state index in [0.717, 1.165) is 48.9 Å². The van der Waals surface area contributed by atoms with Gasteiger partial charge in [-0.2, -0.15) is 5.10 Å². The standard InChI is InChI=1S/C18H24N4O/c1-12(2)22-16-9-14(4-3-13(16)11-20-22)21-17(23)15-10-18(15)5-7-19-8-6-18/h3-4,9,11-12,15,19H,5-8,10H2,1-2H3,(H,21,23). The first-order chi connectivity index (χ1) is 11.1. The minimum Gasteiger partial charge on any atom is -0.326 e. The third-order valence-electron chi connectivity index (χ3n) is 5.46. The number of carbonyl (C=O) groups is 1. The summed E-state index contributed by atoms with van der Waals surface area (Å²) in [6.45, 7) is 6.32. The minimum atomic E-state index is 0.182. The zero-order valence-corrected chi connectivity index (χ0v) is 13.8. The highest BCUT2D eigenvalue weighted by Crippen LogP contribution is 2.58. The van der Waals surface area contributed by atoms with Crippen LogP contribution < -0.4 is 10.6 Å². The molecule has 5 heteroatoms. The number of hydrogen-bond donors (Lipinski definition) is 2. The smallest absolute Gasteiger partial charge is 0.228 e. The molecule has 1 spiro atoms. The van der Waals surface area contributed by atoms with E-state index in [1.807, 2.05) is 29.1 Å². The molecule has 1 aromatic carbocycles. The zero-order valence-electron chi connectivity index (χ0n) is 13.8. The minimum absolute atomic E-state index is 0.182. The van der Waals surface area contributed by atoms with E-state index >= 15 is 0 Å². The number of aromatic nitrogens is 2. The van der Waals surface area contributed by atoms with Crippen molar-refractivity contribution in [2.75, 3.05) is 18.4 Å². The summed E-state index contributed by atoms with van der Waals surface area (Å²) in [5, 5.41) is 12.0. The molecule has 1 saturated carbocycles. The number of nitrogens with zero attached hydrogens (tertiary/aromatic N) is 2. The fourth-order valence-electron chi connectivity index (χ4n) is 3.95. The quantitative estimate of drug-likeness (QED) is 0.916. The Morgan fingerprint density at radius 3 is 2.91 bits per heavy atom. The summed E-state index contributed by atoms with van der Waals surface area (Å²) in [6, 6.07) is 6.35. The van der Waals surface area contributed by atoms with Crippen molar-refractivity contribution in [1.82, 2.24) is 15.1 Å². The van der Waals surface area contributed by atoms with Gasteiger partial charge >= 0.3 is 0 Å². The number of carbonyl (C=O) groups excluding carboxylic acids is 1. The average Bonchev–Trinajstić information content (AvgIpc) is 3.05. The number of rotatable bonds is 3. The second-order valence-corrected chi connectivity index (χ2v) is 7.31. The summed E-state index contributed by atoms with van der Waals surface area (Å²) in [6.07, 6.45) is 5.19. The molecule has 1 unspecified atom stereocenters. The van der Waals surface area contributed by atoms with Crippen molar-refractivity contribution in [2.45, 2.75) is 39.2 Å². The van der Waals surface area contributed by atoms with Crippen LogP contribution in [0.15, 0.2) is 24.4 Å². The van der Waals surface area contributed by atoms with Gasteiger partial charge < -0.3 is 10.6 Å². The Balaban J connectivity index is 1.51. The Morgan fingerprint density at radius 2 is 2.17 bits per heavy atom. The lowest BCUT2D eigenvalue weighted by atomic mass is 9.92. The molecule has 2 heterocycles. The molecular formula is C18H24N4O. The van der Waals surface area contributed by atoms with Crippen LogP contribution in [-0.4, -0.2) is 28.8 Å². The first kappa shape index (κ1) is 14.7. The molecule has 23 heavy (non-hydrogen) atoms. The Kier molecular flexibility index (Phi) is 3.41. The summed E-state index contributed by atoms with van der Waals surface area (Å²) < 4.78 is 2.00. The molecule has 1 atom stereocenters. The zero-order chi connectivity index (χ0) is 16.0. The van der Waals surface area contributed by atoms with E-state index in [4.69, 9.17) is 0 Å². The summed E-state index contributed by atoms with van der Waals surface area (Å²) in [4.78, 5) is 12.6. The molecule has 1 aliphatic carbocycles. The van der Waals surface area contributed by atoms with Gasteiger partial charge in [0.25, 0.3) is 0 Å². The molecule has 1 aromatic heterocycles. The summed E-state index contributed by atoms with van der Waals surface area (Å²) in [7, 11) is 0. The number of piperidine rings is 1. The van der Waals surface area contributed by atoms with Crippen molar-refractivity contribution in [3.63, 3.8) is 0 Å². The molecule has 2 fully saturated rings. The third kappa shape index (κ3) is 2.53. The molecule has 5 nitrogen and oxygen atoms in total. The van der Waals surface area contributed by atoms with Gasteiger partial charge in [0, 0.05) is 23.0 Å². The number of nitrogens with one attached hydrogen (secondary N) is 2. The fraction of sp³-hybridized carbons (Fsp3) is 0.556. The van der Waals surface area contributed by atoms with Crippen molar-refractivity contribution in [3.8, 4) is 0 Å². The normalized spacial score (nSPS) is 22.7. The van der Waals surface area contributed by atoms with Gasteiger partial charge in [0.1, 0.15) is 0 Å². The topological polar surface area (TPSA) is 59.0 Å². The molecule has 1 amide bonds. The van der Waals surface area contributed by atoms with E-state index in [0.29, 0.717) is 6.04 Å². The SMILES string of the molecule is CC(C)n1ncc2ccc(NC(=O)C3CC34CCNCC4)cc21. The van der Waals surface area contributed by atoms with Gasteiger partial charge in [-0.05, 0) is 69.8 Å². The van der Waals surface area contributed by atoms with Gasteiger partial charge in [0.15, 0.2) is 0 Å².